The molecule has 0 aliphatic carbocycles. The Labute approximate surface area is 169 Å². The molecular weight excluding hydrogens is 366 g/mol. The predicted molar refractivity (Wildman–Crippen MR) is 114 cm³/mol. The van der Waals surface area contributed by atoms with Gasteiger partial charge in [0.1, 0.15) is 5.82 Å². The van der Waals surface area contributed by atoms with E-state index in [1.165, 1.54) is 6.20 Å². The van der Waals surface area contributed by atoms with Gasteiger partial charge in [0.2, 0.25) is 0 Å². The highest BCUT2D eigenvalue weighted by Crippen LogP contribution is 2.21. The van der Waals surface area contributed by atoms with Crippen LogP contribution in [0.3, 0.4) is 0 Å². The van der Waals surface area contributed by atoms with Gasteiger partial charge < -0.3 is 15.4 Å². The van der Waals surface area contributed by atoms with E-state index in [-0.39, 0.29) is 5.91 Å². The first-order valence-corrected chi connectivity index (χ1v) is 9.35. The maximum atomic E-state index is 12.5. The van der Waals surface area contributed by atoms with Crippen molar-refractivity contribution in [3.63, 3.8) is 0 Å². The maximum absolute atomic E-state index is 12.5. The number of pyridine rings is 1. The van der Waals surface area contributed by atoms with Crippen LogP contribution in [0.2, 0.25) is 0 Å². The number of carbonyl (C=O) groups is 2. The van der Waals surface area contributed by atoms with Gasteiger partial charge in [0.05, 0.1) is 23.4 Å². The molecule has 2 aromatic carbocycles. The van der Waals surface area contributed by atoms with Crippen LogP contribution in [0, 0.1) is 13.8 Å². The molecule has 0 saturated heterocycles. The third-order valence-electron chi connectivity index (χ3n) is 4.19. The average Bonchev–Trinajstić information content (AvgIpc) is 2.68. The van der Waals surface area contributed by atoms with Gasteiger partial charge in [0, 0.05) is 11.9 Å². The minimum atomic E-state index is -0.403. The van der Waals surface area contributed by atoms with Crippen molar-refractivity contribution < 1.29 is 14.3 Å². The van der Waals surface area contributed by atoms with E-state index >= 15 is 0 Å². The van der Waals surface area contributed by atoms with Crippen molar-refractivity contribution in [2.45, 2.75) is 20.8 Å². The zero-order valence-electron chi connectivity index (χ0n) is 16.7. The Kier molecular flexibility index (Phi) is 6.24. The fourth-order valence-corrected chi connectivity index (χ4v) is 2.97. The molecular formula is C23H23N3O3. The van der Waals surface area contributed by atoms with Gasteiger partial charge in [-0.2, -0.15) is 0 Å². The molecule has 3 aromatic rings. The zero-order valence-corrected chi connectivity index (χ0v) is 16.7. The highest BCUT2D eigenvalue weighted by atomic mass is 16.5. The Hall–Kier alpha value is -3.67. The Bertz CT molecular complexity index is 1010. The van der Waals surface area contributed by atoms with Gasteiger partial charge in [0.25, 0.3) is 5.91 Å². The fourth-order valence-electron chi connectivity index (χ4n) is 2.97. The van der Waals surface area contributed by atoms with E-state index in [9.17, 15) is 9.59 Å². The third-order valence-corrected chi connectivity index (χ3v) is 4.19. The van der Waals surface area contributed by atoms with Gasteiger partial charge in [-0.05, 0) is 68.3 Å². The van der Waals surface area contributed by atoms with Crippen molar-refractivity contribution in [2.24, 2.45) is 0 Å². The molecule has 0 atom stereocenters. The minimum Gasteiger partial charge on any atom is -0.462 e. The molecule has 0 fully saturated rings. The Morgan fingerprint density at radius 2 is 1.72 bits per heavy atom. The SMILES string of the molecule is CCOC(=O)c1ccccc1Nc1ccc(C(=O)Nc2cc(C)cc(C)c2)cn1. The van der Waals surface area contributed by atoms with E-state index in [0.717, 1.165) is 16.8 Å². The zero-order chi connectivity index (χ0) is 20.8. The molecule has 0 aliphatic rings. The van der Waals surface area contributed by atoms with Crippen molar-refractivity contribution >= 4 is 29.1 Å². The topological polar surface area (TPSA) is 80.3 Å². The number of benzene rings is 2. The van der Waals surface area contributed by atoms with Crippen LogP contribution in [0.1, 0.15) is 38.8 Å². The molecule has 0 aliphatic heterocycles. The number of hydrogen-bond acceptors (Lipinski definition) is 5. The monoisotopic (exact) mass is 389 g/mol. The summed E-state index contributed by atoms with van der Waals surface area (Å²) in [6.45, 7) is 6.03. The van der Waals surface area contributed by atoms with Crippen molar-refractivity contribution in [1.29, 1.82) is 0 Å². The van der Waals surface area contributed by atoms with Crippen LogP contribution in [-0.2, 0) is 4.74 Å². The summed E-state index contributed by atoms with van der Waals surface area (Å²) in [6, 6.07) is 16.3. The quantitative estimate of drug-likeness (QED) is 0.588. The second-order valence-electron chi connectivity index (χ2n) is 6.65. The molecule has 1 heterocycles. The summed E-state index contributed by atoms with van der Waals surface area (Å²) in [5.41, 5.74) is 4.36. The number of nitrogens with zero attached hydrogens (tertiary/aromatic N) is 1. The van der Waals surface area contributed by atoms with Gasteiger partial charge in [-0.3, -0.25) is 4.79 Å². The first-order chi connectivity index (χ1) is 14.0. The first kappa shape index (κ1) is 20.1. The molecule has 3 rings (SSSR count). The lowest BCUT2D eigenvalue weighted by atomic mass is 10.1. The Balaban J connectivity index is 1.72. The molecule has 0 bridgehead atoms. The molecule has 148 valence electrons. The summed E-state index contributed by atoms with van der Waals surface area (Å²) in [4.78, 5) is 28.9. The largest absolute Gasteiger partial charge is 0.462 e. The Morgan fingerprint density at radius 3 is 2.38 bits per heavy atom. The summed E-state index contributed by atoms with van der Waals surface area (Å²) in [6.07, 6.45) is 1.49. The molecule has 2 N–H and O–H groups in total. The lowest BCUT2D eigenvalue weighted by Crippen LogP contribution is -2.13. The van der Waals surface area contributed by atoms with Crippen LogP contribution < -0.4 is 10.6 Å². The number of ether oxygens (including phenoxy) is 1. The second kappa shape index (κ2) is 9.01. The number of aryl methyl sites for hydroxylation is 2. The Morgan fingerprint density at radius 1 is 1.00 bits per heavy atom. The molecule has 0 unspecified atom stereocenters. The van der Waals surface area contributed by atoms with Crippen LogP contribution in [0.4, 0.5) is 17.2 Å². The van der Waals surface area contributed by atoms with Crippen LogP contribution in [0.5, 0.6) is 0 Å². The first-order valence-electron chi connectivity index (χ1n) is 9.35. The lowest BCUT2D eigenvalue weighted by molar-refractivity contribution is 0.0527. The fraction of sp³-hybridized carbons (Fsp3) is 0.174. The number of hydrogen-bond donors (Lipinski definition) is 2. The van der Waals surface area contributed by atoms with Crippen molar-refractivity contribution in [3.05, 3.63) is 83.0 Å². The van der Waals surface area contributed by atoms with E-state index in [0.29, 0.717) is 29.2 Å². The normalized spacial score (nSPS) is 10.3. The highest BCUT2D eigenvalue weighted by molar-refractivity contribution is 6.04. The van der Waals surface area contributed by atoms with E-state index in [1.54, 1.807) is 37.3 Å². The summed E-state index contributed by atoms with van der Waals surface area (Å²) in [5, 5.41) is 5.99. The molecule has 29 heavy (non-hydrogen) atoms. The summed E-state index contributed by atoms with van der Waals surface area (Å²) in [7, 11) is 0. The van der Waals surface area contributed by atoms with Gasteiger partial charge in [-0.1, -0.05) is 18.2 Å². The maximum Gasteiger partial charge on any atom is 0.340 e. The number of anilines is 3. The van der Waals surface area contributed by atoms with Gasteiger partial charge in [-0.25, -0.2) is 9.78 Å². The number of esters is 1. The molecule has 0 radical (unpaired) electrons. The minimum absolute atomic E-state index is 0.235. The predicted octanol–water partition coefficient (Wildman–Crippen LogP) is 4.87. The standard InChI is InChI=1S/C23H23N3O3/c1-4-29-23(28)19-7-5-6-8-20(19)26-21-10-9-17(14-24-21)22(27)25-18-12-15(2)11-16(3)13-18/h5-14H,4H2,1-3H3,(H,24,26)(H,25,27). The molecule has 6 nitrogen and oxygen atoms in total. The van der Waals surface area contributed by atoms with Crippen molar-refractivity contribution in [1.82, 2.24) is 4.98 Å². The number of carbonyl (C=O) groups excluding carboxylic acids is 2. The van der Waals surface area contributed by atoms with Crippen molar-refractivity contribution in [3.8, 4) is 0 Å². The van der Waals surface area contributed by atoms with Crippen LogP contribution >= 0.6 is 0 Å². The number of rotatable bonds is 6. The van der Waals surface area contributed by atoms with Crippen LogP contribution in [0.25, 0.3) is 0 Å². The summed E-state index contributed by atoms with van der Waals surface area (Å²) in [5.74, 6) is -0.120. The van der Waals surface area contributed by atoms with E-state index in [2.05, 4.69) is 15.6 Å². The van der Waals surface area contributed by atoms with Gasteiger partial charge >= 0.3 is 5.97 Å². The molecule has 0 spiro atoms. The number of aromatic nitrogens is 1. The van der Waals surface area contributed by atoms with E-state index in [4.69, 9.17) is 4.74 Å². The summed E-state index contributed by atoms with van der Waals surface area (Å²) >= 11 is 0. The molecule has 1 aromatic heterocycles. The van der Waals surface area contributed by atoms with Gasteiger partial charge in [0.15, 0.2) is 0 Å². The van der Waals surface area contributed by atoms with E-state index < -0.39 is 5.97 Å². The molecule has 0 saturated carbocycles. The van der Waals surface area contributed by atoms with Crippen LogP contribution in [-0.4, -0.2) is 23.5 Å². The number of nitrogens with one attached hydrogen (secondary N) is 2. The number of amides is 1. The molecule has 6 heteroatoms. The third kappa shape index (κ3) is 5.19. The van der Waals surface area contributed by atoms with Gasteiger partial charge in [-0.15, -0.1) is 0 Å². The number of para-hydroxylation sites is 1. The highest BCUT2D eigenvalue weighted by Gasteiger charge is 2.13. The lowest BCUT2D eigenvalue weighted by Gasteiger charge is -2.11. The van der Waals surface area contributed by atoms with E-state index in [1.807, 2.05) is 38.1 Å². The van der Waals surface area contributed by atoms with Crippen LogP contribution in [0.15, 0.2) is 60.8 Å². The second-order valence-corrected chi connectivity index (χ2v) is 6.65. The smallest absolute Gasteiger partial charge is 0.340 e. The molecule has 1 amide bonds. The average molecular weight is 389 g/mol. The summed E-state index contributed by atoms with van der Waals surface area (Å²) < 4.78 is 5.08. The van der Waals surface area contributed by atoms with Crippen molar-refractivity contribution in [2.75, 3.05) is 17.2 Å².